The van der Waals surface area contributed by atoms with Crippen LogP contribution in [0.2, 0.25) is 0 Å². The number of hydrogen-bond donors (Lipinski definition) is 4. The molecule has 4 N–H and O–H groups in total. The predicted octanol–water partition coefficient (Wildman–Crippen LogP) is 1.59. The normalized spacial score (nSPS) is 15.9. The highest BCUT2D eigenvalue weighted by Gasteiger charge is 2.45. The van der Waals surface area contributed by atoms with Crippen molar-refractivity contribution >= 4 is 11.6 Å². The van der Waals surface area contributed by atoms with Crippen LogP contribution in [0, 0.1) is 0 Å². The fourth-order valence-electron chi connectivity index (χ4n) is 2.94. The van der Waals surface area contributed by atoms with Crippen molar-refractivity contribution in [2.45, 2.75) is 24.7 Å². The average molecular weight is 438 g/mol. The lowest BCUT2D eigenvalue weighted by molar-refractivity contribution is -0.375. The number of carbonyl (C=O) groups excluding carboxylic acids is 2. The minimum Gasteiger partial charge on any atom is -0.363 e. The lowest BCUT2D eigenvalue weighted by Gasteiger charge is -2.34. The van der Waals surface area contributed by atoms with E-state index in [0.29, 0.717) is 0 Å². The third-order valence-corrected chi connectivity index (χ3v) is 4.64. The zero-order valence-electron chi connectivity index (χ0n) is 16.8. The highest BCUT2D eigenvalue weighted by atomic mass is 16.8. The third kappa shape index (κ3) is 5.32. The summed E-state index contributed by atoms with van der Waals surface area (Å²) >= 11 is 0. The van der Waals surface area contributed by atoms with Gasteiger partial charge in [0.15, 0.2) is 0 Å². The molecule has 8 heteroatoms. The van der Waals surface area contributed by atoms with Gasteiger partial charge in [-0.05, 0) is 0 Å². The summed E-state index contributed by atoms with van der Waals surface area (Å²) in [4.78, 5) is 24.8. The number of rotatable bonds is 10. The first-order valence-corrected chi connectivity index (χ1v) is 9.67. The van der Waals surface area contributed by atoms with Crippen molar-refractivity contribution in [2.24, 2.45) is 0 Å². The lowest BCUT2D eigenvalue weighted by atomic mass is 10.0. The Morgan fingerprint density at radius 1 is 0.656 bits per heavy atom. The molecule has 0 heterocycles. The van der Waals surface area contributed by atoms with E-state index in [1.54, 1.807) is 42.5 Å². The van der Waals surface area contributed by atoms with E-state index in [4.69, 9.17) is 9.47 Å². The number of Topliss-reactive ketones (excluding diaryl/α,β-unsaturated/α-hetero) is 2. The smallest absolute Gasteiger partial charge is 0.248 e. The first-order chi connectivity index (χ1) is 15.3. The Hall–Kier alpha value is -3.24. The van der Waals surface area contributed by atoms with Gasteiger partial charge in [-0.15, -0.1) is 0 Å². The summed E-state index contributed by atoms with van der Waals surface area (Å²) in [5, 5.41) is 42.1. The number of aliphatic hydroxyl groups excluding tert-OH is 3. The Labute approximate surface area is 183 Å². The second-order valence-electron chi connectivity index (χ2n) is 6.83. The Balaban J connectivity index is 1.83. The highest BCUT2D eigenvalue weighted by molar-refractivity contribution is 5.98. The van der Waals surface area contributed by atoms with E-state index in [-0.39, 0.29) is 16.7 Å². The maximum absolute atomic E-state index is 12.5. The standard InChI is InChI=1S/C24H22O8/c25-19(16-10-4-1-5-11-16)21(27)31-23(29)24(30,18-14-8-3-9-15-18)32-22(28)20(26)17-12-6-2-7-13-17/h1-15,21-23,27-30H. The lowest BCUT2D eigenvalue weighted by Crippen LogP contribution is -2.49. The van der Waals surface area contributed by atoms with Gasteiger partial charge in [0.2, 0.25) is 36.2 Å². The monoisotopic (exact) mass is 438 g/mol. The fourth-order valence-corrected chi connectivity index (χ4v) is 2.94. The van der Waals surface area contributed by atoms with E-state index in [0.717, 1.165) is 0 Å². The third-order valence-electron chi connectivity index (χ3n) is 4.64. The molecule has 0 aliphatic rings. The Morgan fingerprint density at radius 3 is 1.53 bits per heavy atom. The predicted molar refractivity (Wildman–Crippen MR) is 112 cm³/mol. The van der Waals surface area contributed by atoms with Crippen molar-refractivity contribution in [1.82, 2.24) is 0 Å². The van der Waals surface area contributed by atoms with Crippen LogP contribution in [0.15, 0.2) is 91.0 Å². The molecule has 3 rings (SSSR count). The molecule has 0 aromatic heterocycles. The average Bonchev–Trinajstić information content (AvgIpc) is 2.84. The van der Waals surface area contributed by atoms with E-state index >= 15 is 0 Å². The maximum Gasteiger partial charge on any atom is 0.248 e. The van der Waals surface area contributed by atoms with Crippen LogP contribution in [0.1, 0.15) is 26.3 Å². The van der Waals surface area contributed by atoms with Crippen LogP contribution in [0.25, 0.3) is 0 Å². The first kappa shape index (κ1) is 23.4. The van der Waals surface area contributed by atoms with Gasteiger partial charge in [-0.1, -0.05) is 91.0 Å². The molecule has 3 aromatic carbocycles. The molecular weight excluding hydrogens is 416 g/mol. The van der Waals surface area contributed by atoms with Gasteiger partial charge < -0.3 is 29.9 Å². The Bertz CT molecular complexity index is 1030. The summed E-state index contributed by atoms with van der Waals surface area (Å²) in [6, 6.07) is 22.7. The van der Waals surface area contributed by atoms with E-state index in [9.17, 15) is 30.0 Å². The molecule has 0 saturated heterocycles. The van der Waals surface area contributed by atoms with Crippen molar-refractivity contribution in [3.05, 3.63) is 108 Å². The summed E-state index contributed by atoms with van der Waals surface area (Å²) in [6.07, 6.45) is -6.71. The molecule has 4 unspecified atom stereocenters. The van der Waals surface area contributed by atoms with Gasteiger partial charge >= 0.3 is 0 Å². The number of benzene rings is 3. The first-order valence-electron chi connectivity index (χ1n) is 9.67. The maximum atomic E-state index is 12.5. The highest BCUT2D eigenvalue weighted by Crippen LogP contribution is 2.30. The van der Waals surface area contributed by atoms with Crippen LogP contribution in [-0.4, -0.2) is 50.9 Å². The largest absolute Gasteiger partial charge is 0.363 e. The topological polar surface area (TPSA) is 134 Å². The second-order valence-corrected chi connectivity index (χ2v) is 6.83. The molecule has 0 fully saturated rings. The molecule has 166 valence electrons. The van der Waals surface area contributed by atoms with Crippen LogP contribution in [0.4, 0.5) is 0 Å². The molecular formula is C24H22O8. The van der Waals surface area contributed by atoms with Gasteiger partial charge in [0.05, 0.1) is 0 Å². The van der Waals surface area contributed by atoms with Gasteiger partial charge in [-0.25, -0.2) is 0 Å². The molecule has 0 aliphatic carbocycles. The van der Waals surface area contributed by atoms with Gasteiger partial charge in [0, 0.05) is 16.7 Å². The van der Waals surface area contributed by atoms with Crippen LogP contribution in [0.3, 0.4) is 0 Å². The van der Waals surface area contributed by atoms with Crippen molar-refractivity contribution in [2.75, 3.05) is 0 Å². The van der Waals surface area contributed by atoms with Crippen molar-refractivity contribution in [3.8, 4) is 0 Å². The molecule has 0 aliphatic heterocycles. The van der Waals surface area contributed by atoms with Gasteiger partial charge in [-0.3, -0.25) is 9.59 Å². The summed E-state index contributed by atoms with van der Waals surface area (Å²) in [5.74, 6) is -4.56. The van der Waals surface area contributed by atoms with Crippen LogP contribution in [-0.2, 0) is 15.3 Å². The van der Waals surface area contributed by atoms with Crippen molar-refractivity contribution in [3.63, 3.8) is 0 Å². The Morgan fingerprint density at radius 2 is 1.06 bits per heavy atom. The van der Waals surface area contributed by atoms with E-state index in [1.165, 1.54) is 48.5 Å². The van der Waals surface area contributed by atoms with Gasteiger partial charge in [0.1, 0.15) is 0 Å². The van der Waals surface area contributed by atoms with Crippen molar-refractivity contribution < 1.29 is 39.5 Å². The van der Waals surface area contributed by atoms with E-state index in [1.807, 2.05) is 0 Å². The summed E-state index contributed by atoms with van der Waals surface area (Å²) in [5.41, 5.74) is 0.118. The number of aliphatic hydroxyl groups is 4. The molecule has 0 saturated carbocycles. The molecule has 0 spiro atoms. The quantitative estimate of drug-likeness (QED) is 0.277. The molecule has 3 aromatic rings. The van der Waals surface area contributed by atoms with E-state index < -0.39 is 36.2 Å². The van der Waals surface area contributed by atoms with Gasteiger partial charge in [-0.2, -0.15) is 0 Å². The minimum absolute atomic E-state index is 0.0910. The summed E-state index contributed by atoms with van der Waals surface area (Å²) in [7, 11) is 0. The molecule has 0 amide bonds. The Kier molecular flexibility index (Phi) is 7.60. The van der Waals surface area contributed by atoms with Crippen LogP contribution < -0.4 is 0 Å². The molecule has 32 heavy (non-hydrogen) atoms. The molecule has 8 nitrogen and oxygen atoms in total. The van der Waals surface area contributed by atoms with Gasteiger partial charge in [0.25, 0.3) is 0 Å². The summed E-state index contributed by atoms with van der Waals surface area (Å²) < 4.78 is 10.1. The fraction of sp³-hybridized carbons (Fsp3) is 0.167. The van der Waals surface area contributed by atoms with Crippen LogP contribution in [0.5, 0.6) is 0 Å². The second kappa shape index (κ2) is 10.4. The zero-order chi connectivity index (χ0) is 23.1. The molecule has 0 bridgehead atoms. The molecule has 4 atom stereocenters. The number of hydrogen-bond acceptors (Lipinski definition) is 8. The van der Waals surface area contributed by atoms with Crippen LogP contribution >= 0.6 is 0 Å². The SMILES string of the molecule is O=C(c1ccccc1)C(O)OC(O)C(O)(OC(O)C(=O)c1ccccc1)c1ccccc1. The van der Waals surface area contributed by atoms with Crippen molar-refractivity contribution in [1.29, 1.82) is 0 Å². The number of carbonyl (C=O) groups is 2. The molecule has 0 radical (unpaired) electrons. The number of ether oxygens (including phenoxy) is 2. The number of ketones is 2. The van der Waals surface area contributed by atoms with E-state index in [2.05, 4.69) is 0 Å². The zero-order valence-corrected chi connectivity index (χ0v) is 16.8. The summed E-state index contributed by atoms with van der Waals surface area (Å²) in [6.45, 7) is 0. The minimum atomic E-state index is -2.80.